The predicted octanol–water partition coefficient (Wildman–Crippen LogP) is 2.51. The van der Waals surface area contributed by atoms with Crippen molar-refractivity contribution in [1.29, 1.82) is 0 Å². The normalized spacial score (nSPS) is 19.0. The molecule has 1 saturated heterocycles. The first-order valence-electron chi connectivity index (χ1n) is 11.7. The summed E-state index contributed by atoms with van der Waals surface area (Å²) in [5.41, 5.74) is -0.738. The van der Waals surface area contributed by atoms with Crippen molar-refractivity contribution >= 4 is 18.0 Å². The Hall–Kier alpha value is -3.70. The number of benzene rings is 1. The van der Waals surface area contributed by atoms with Crippen molar-refractivity contribution in [3.8, 4) is 17.1 Å². The van der Waals surface area contributed by atoms with Crippen LogP contribution in [0.15, 0.2) is 24.3 Å². The number of carboxylic acid groups (broad SMARTS) is 1. The largest absolute Gasteiger partial charge is 0.497 e. The number of carboxylic acids is 1. The van der Waals surface area contributed by atoms with E-state index in [2.05, 4.69) is 20.7 Å². The molecule has 196 valence electrons. The highest BCUT2D eigenvalue weighted by atomic mass is 16.6. The number of nitrogens with zero attached hydrogens (tertiary/aromatic N) is 5. The summed E-state index contributed by atoms with van der Waals surface area (Å²) in [5, 5.41) is 25.1. The average Bonchev–Trinajstić information content (AvgIpc) is 3.43. The van der Waals surface area contributed by atoms with Gasteiger partial charge in [0.05, 0.1) is 13.2 Å². The Morgan fingerprint density at radius 1 is 1.11 bits per heavy atom. The molecule has 1 fully saturated rings. The zero-order valence-corrected chi connectivity index (χ0v) is 21.7. The summed E-state index contributed by atoms with van der Waals surface area (Å²) in [6, 6.07) is 4.52. The molecular weight excluding hydrogens is 468 g/mol. The van der Waals surface area contributed by atoms with Gasteiger partial charge in [0.2, 0.25) is 11.7 Å². The van der Waals surface area contributed by atoms with Gasteiger partial charge in [0, 0.05) is 18.5 Å². The molecular formula is C24H34N6O6. The van der Waals surface area contributed by atoms with Gasteiger partial charge < -0.3 is 24.8 Å². The molecule has 3 rings (SSSR count). The first-order valence-corrected chi connectivity index (χ1v) is 11.7. The minimum absolute atomic E-state index is 0.0524. The van der Waals surface area contributed by atoms with Crippen LogP contribution in [-0.2, 0) is 14.3 Å². The smallest absolute Gasteiger partial charge is 0.408 e. The number of rotatable bonds is 6. The number of carbonyl (C=O) groups excluding carboxylic acids is 2. The Balaban J connectivity index is 1.81. The number of methoxy groups -OCH3 is 1. The van der Waals surface area contributed by atoms with E-state index in [4.69, 9.17) is 9.47 Å². The fraction of sp³-hybridized carbons (Fsp3) is 0.583. The monoisotopic (exact) mass is 502 g/mol. The van der Waals surface area contributed by atoms with E-state index in [9.17, 15) is 19.5 Å². The number of nitrogens with one attached hydrogen (secondary N) is 1. The zero-order valence-electron chi connectivity index (χ0n) is 21.7. The highest BCUT2D eigenvalue weighted by Gasteiger charge is 2.46. The van der Waals surface area contributed by atoms with Crippen LogP contribution in [0.1, 0.15) is 54.0 Å². The van der Waals surface area contributed by atoms with E-state index < -0.39 is 47.1 Å². The third kappa shape index (κ3) is 6.29. The summed E-state index contributed by atoms with van der Waals surface area (Å²) in [4.78, 5) is 40.7. The van der Waals surface area contributed by atoms with Crippen LogP contribution in [0.3, 0.4) is 0 Å². The summed E-state index contributed by atoms with van der Waals surface area (Å²) < 4.78 is 10.5. The van der Waals surface area contributed by atoms with Gasteiger partial charge in [-0.1, -0.05) is 20.8 Å². The molecule has 0 spiro atoms. The second kappa shape index (κ2) is 10.1. The molecule has 36 heavy (non-hydrogen) atoms. The highest BCUT2D eigenvalue weighted by molar-refractivity contribution is 5.90. The summed E-state index contributed by atoms with van der Waals surface area (Å²) in [6.45, 7) is 10.6. The summed E-state index contributed by atoms with van der Waals surface area (Å²) >= 11 is 0. The molecule has 1 aliphatic rings. The molecule has 1 aliphatic heterocycles. The van der Waals surface area contributed by atoms with Crippen LogP contribution in [0.5, 0.6) is 5.75 Å². The maximum absolute atomic E-state index is 13.6. The van der Waals surface area contributed by atoms with Crippen molar-refractivity contribution in [2.24, 2.45) is 5.41 Å². The molecule has 2 aromatic rings. The number of amides is 2. The standard InChI is InChI=1S/C24H34N6O6/c1-23(2,3)18(25-22(34)36-24(4,5)6)20(31)29-13-15(12-17(29)21(32)33)30-27-19(26-28-30)14-8-10-16(35-7)11-9-14/h8-11,15,17-18H,12-13H2,1-7H3,(H,25,34)(H,32,33)/t15-,17+,18-/m1/s1. The lowest BCUT2D eigenvalue weighted by atomic mass is 9.85. The summed E-state index contributed by atoms with van der Waals surface area (Å²) in [5.74, 6) is -0.604. The third-order valence-electron chi connectivity index (χ3n) is 5.72. The lowest BCUT2D eigenvalue weighted by molar-refractivity contribution is -0.150. The van der Waals surface area contributed by atoms with Gasteiger partial charge in [0.25, 0.3) is 0 Å². The summed E-state index contributed by atoms with van der Waals surface area (Å²) in [7, 11) is 1.57. The molecule has 0 bridgehead atoms. The number of likely N-dealkylation sites (tertiary alicyclic amines) is 1. The topological polar surface area (TPSA) is 149 Å². The van der Waals surface area contributed by atoms with Gasteiger partial charge in [-0.3, -0.25) is 4.79 Å². The molecule has 2 N–H and O–H groups in total. The first-order chi connectivity index (χ1) is 16.7. The van der Waals surface area contributed by atoms with Crippen molar-refractivity contribution in [2.75, 3.05) is 13.7 Å². The van der Waals surface area contributed by atoms with E-state index in [0.29, 0.717) is 11.6 Å². The molecule has 12 heteroatoms. The molecule has 2 heterocycles. The quantitative estimate of drug-likeness (QED) is 0.607. The van der Waals surface area contributed by atoms with Crippen molar-refractivity contribution in [1.82, 2.24) is 30.4 Å². The Bertz CT molecular complexity index is 1100. The van der Waals surface area contributed by atoms with E-state index in [1.807, 2.05) is 0 Å². The maximum Gasteiger partial charge on any atom is 0.408 e. The van der Waals surface area contributed by atoms with Gasteiger partial charge in [0.1, 0.15) is 23.4 Å². The number of carbonyl (C=O) groups is 3. The van der Waals surface area contributed by atoms with Crippen LogP contribution in [0, 0.1) is 5.41 Å². The number of hydrogen-bond donors (Lipinski definition) is 2. The average molecular weight is 503 g/mol. The Kier molecular flexibility index (Phi) is 7.56. The molecule has 3 atom stereocenters. The van der Waals surface area contributed by atoms with Gasteiger partial charge in [-0.05, 0) is 55.7 Å². The van der Waals surface area contributed by atoms with E-state index >= 15 is 0 Å². The molecule has 0 radical (unpaired) electrons. The Labute approximate surface area is 209 Å². The van der Waals surface area contributed by atoms with E-state index in [1.165, 1.54) is 9.70 Å². The van der Waals surface area contributed by atoms with Crippen molar-refractivity contribution < 1.29 is 29.0 Å². The third-order valence-corrected chi connectivity index (χ3v) is 5.72. The second-order valence-corrected chi connectivity index (χ2v) is 10.8. The number of alkyl carbamates (subject to hydrolysis) is 1. The van der Waals surface area contributed by atoms with Gasteiger partial charge in [-0.25, -0.2) is 9.59 Å². The highest BCUT2D eigenvalue weighted by Crippen LogP contribution is 2.31. The lowest BCUT2D eigenvalue weighted by Crippen LogP contribution is -2.57. The minimum atomic E-state index is -1.15. The fourth-order valence-electron chi connectivity index (χ4n) is 3.93. The first kappa shape index (κ1) is 26.9. The predicted molar refractivity (Wildman–Crippen MR) is 129 cm³/mol. The van der Waals surface area contributed by atoms with E-state index in [-0.39, 0.29) is 13.0 Å². The van der Waals surface area contributed by atoms with Crippen LogP contribution < -0.4 is 10.1 Å². The Morgan fingerprint density at radius 2 is 1.75 bits per heavy atom. The van der Waals surface area contributed by atoms with Gasteiger partial charge in [-0.2, -0.15) is 4.80 Å². The SMILES string of the molecule is COc1ccc(-c2nnn([C@@H]3C[C@@H](C(=O)O)N(C(=O)[C@@H](NC(=O)OC(C)(C)C)C(C)(C)C)C3)n2)cc1. The lowest BCUT2D eigenvalue weighted by Gasteiger charge is -2.35. The van der Waals surface area contributed by atoms with Gasteiger partial charge >= 0.3 is 12.1 Å². The van der Waals surface area contributed by atoms with Crippen molar-refractivity contribution in [3.63, 3.8) is 0 Å². The van der Waals surface area contributed by atoms with Crippen LogP contribution in [0.4, 0.5) is 4.79 Å². The molecule has 2 amide bonds. The van der Waals surface area contributed by atoms with E-state index in [1.54, 1.807) is 72.9 Å². The van der Waals surface area contributed by atoms with Crippen molar-refractivity contribution in [3.05, 3.63) is 24.3 Å². The molecule has 0 aliphatic carbocycles. The molecule has 0 unspecified atom stereocenters. The number of aliphatic carboxylic acids is 1. The van der Waals surface area contributed by atoms with Crippen LogP contribution >= 0.6 is 0 Å². The second-order valence-electron chi connectivity index (χ2n) is 10.8. The van der Waals surface area contributed by atoms with E-state index in [0.717, 1.165) is 5.56 Å². The summed E-state index contributed by atoms with van der Waals surface area (Å²) in [6.07, 6.45) is -0.650. The Morgan fingerprint density at radius 3 is 2.28 bits per heavy atom. The number of hydrogen-bond acceptors (Lipinski definition) is 8. The van der Waals surface area contributed by atoms with Crippen LogP contribution in [0.25, 0.3) is 11.4 Å². The van der Waals surface area contributed by atoms with Gasteiger partial charge in [0.15, 0.2) is 0 Å². The zero-order chi connectivity index (χ0) is 26.8. The molecule has 12 nitrogen and oxygen atoms in total. The minimum Gasteiger partial charge on any atom is -0.497 e. The molecule has 1 aromatic carbocycles. The maximum atomic E-state index is 13.6. The van der Waals surface area contributed by atoms with Crippen molar-refractivity contribution in [2.45, 2.75) is 71.7 Å². The molecule has 1 aromatic heterocycles. The van der Waals surface area contributed by atoms with Crippen LogP contribution in [0.2, 0.25) is 0 Å². The van der Waals surface area contributed by atoms with Gasteiger partial charge in [-0.15, -0.1) is 10.2 Å². The number of ether oxygens (including phenoxy) is 2. The van der Waals surface area contributed by atoms with Crippen LogP contribution in [-0.4, -0.2) is 79.5 Å². The molecule has 0 saturated carbocycles. The fourth-order valence-corrected chi connectivity index (χ4v) is 3.93. The number of tetrazole rings is 1. The number of aromatic nitrogens is 4.